The molecule has 0 bridgehead atoms. The van der Waals surface area contributed by atoms with E-state index in [0.717, 1.165) is 68.9 Å². The number of carbonyl (C=O) groups is 1. The Morgan fingerprint density at radius 1 is 1.02 bits per heavy atom. The standard InChI is InChI=1S/C19H16F2N2O2S.C11H16N2O/c20-15-9-14(10-16(21)11-15)19-22-18(12-25-19)13-1-3-17(4-2-13)23-5-7-26(24)8-6-23;12-8-11(6-7-11)13-10(14)9-4-2-1-3-5-9/h1-4,9-12H,5-8H2;9H,1-7H2,(H,13,14). The topological polar surface area (TPSA) is 99.2 Å². The van der Waals surface area contributed by atoms with Crippen molar-refractivity contribution in [2.24, 2.45) is 5.92 Å². The number of halogens is 2. The molecule has 2 aliphatic carbocycles. The summed E-state index contributed by atoms with van der Waals surface area (Å²) in [6.07, 6.45) is 8.74. The Kier molecular flexibility index (Phi) is 8.60. The van der Waals surface area contributed by atoms with E-state index in [1.165, 1.54) is 24.8 Å². The molecule has 6 rings (SSSR count). The summed E-state index contributed by atoms with van der Waals surface area (Å²) in [5.74, 6) is 0.495. The van der Waals surface area contributed by atoms with Gasteiger partial charge in [-0.25, -0.2) is 13.8 Å². The number of amides is 1. The second-order valence-electron chi connectivity index (χ2n) is 10.6. The molecule has 3 aliphatic rings. The van der Waals surface area contributed by atoms with Gasteiger partial charge in [0.25, 0.3) is 0 Å². The van der Waals surface area contributed by atoms with Gasteiger partial charge >= 0.3 is 0 Å². The zero-order chi connectivity index (χ0) is 28.1. The minimum Gasteiger partial charge on any atom is -0.444 e. The van der Waals surface area contributed by atoms with Crippen LogP contribution in [0.3, 0.4) is 0 Å². The zero-order valence-electron chi connectivity index (χ0n) is 22.2. The first kappa shape index (κ1) is 28.0. The predicted molar refractivity (Wildman–Crippen MR) is 150 cm³/mol. The maximum atomic E-state index is 13.4. The Hall–Kier alpha value is -3.58. The highest BCUT2D eigenvalue weighted by Gasteiger charge is 2.45. The summed E-state index contributed by atoms with van der Waals surface area (Å²) in [7, 11) is -0.705. The molecule has 2 heterocycles. The molecule has 0 spiro atoms. The van der Waals surface area contributed by atoms with Crippen LogP contribution in [0.5, 0.6) is 0 Å². The predicted octanol–water partition coefficient (Wildman–Crippen LogP) is 5.59. The van der Waals surface area contributed by atoms with E-state index in [0.29, 0.717) is 17.2 Å². The van der Waals surface area contributed by atoms with Crippen LogP contribution >= 0.6 is 0 Å². The van der Waals surface area contributed by atoms with E-state index in [-0.39, 0.29) is 23.3 Å². The van der Waals surface area contributed by atoms with Gasteiger partial charge in [0.15, 0.2) is 0 Å². The van der Waals surface area contributed by atoms with Gasteiger partial charge in [0.05, 0.1) is 6.07 Å². The third kappa shape index (κ3) is 6.94. The maximum Gasteiger partial charge on any atom is 0.226 e. The van der Waals surface area contributed by atoms with Gasteiger partial charge in [0.1, 0.15) is 29.1 Å². The summed E-state index contributed by atoms with van der Waals surface area (Å²) >= 11 is 0. The zero-order valence-corrected chi connectivity index (χ0v) is 23.0. The molecule has 0 atom stereocenters. The lowest BCUT2D eigenvalue weighted by atomic mass is 9.88. The number of aromatic nitrogens is 1. The Balaban J connectivity index is 0.000000194. The Bertz CT molecular complexity index is 1380. The molecule has 0 radical (unpaired) electrons. The highest BCUT2D eigenvalue weighted by molar-refractivity contribution is 7.85. The van der Waals surface area contributed by atoms with Crippen molar-refractivity contribution >= 4 is 22.4 Å². The normalized spacial score (nSPS) is 18.8. The van der Waals surface area contributed by atoms with Crippen molar-refractivity contribution in [3.05, 3.63) is 60.4 Å². The summed E-state index contributed by atoms with van der Waals surface area (Å²) in [4.78, 5) is 18.3. The number of benzene rings is 2. The molecule has 1 aliphatic heterocycles. The fraction of sp³-hybridized carbons (Fsp3) is 0.433. The quantitative estimate of drug-likeness (QED) is 0.432. The highest BCUT2D eigenvalue weighted by atomic mass is 32.2. The van der Waals surface area contributed by atoms with Crippen molar-refractivity contribution in [3.8, 4) is 28.8 Å². The first-order valence-electron chi connectivity index (χ1n) is 13.7. The molecular weight excluding hydrogens is 534 g/mol. The van der Waals surface area contributed by atoms with Crippen molar-refractivity contribution in [1.82, 2.24) is 10.3 Å². The number of anilines is 1. The SMILES string of the molecule is N#CC1(NC(=O)C2CCCCC2)CC1.O=S1CCN(c2ccc(-c3coc(-c4cc(F)cc(F)c4)n3)cc2)CC1. The van der Waals surface area contributed by atoms with E-state index in [1.807, 2.05) is 24.3 Å². The molecule has 7 nitrogen and oxygen atoms in total. The number of nitriles is 1. The number of oxazole rings is 1. The maximum absolute atomic E-state index is 13.4. The van der Waals surface area contributed by atoms with Crippen molar-refractivity contribution in [2.75, 3.05) is 29.5 Å². The van der Waals surface area contributed by atoms with E-state index < -0.39 is 28.0 Å². The molecular formula is C30H32F2N4O3S. The van der Waals surface area contributed by atoms with Crippen LogP contribution < -0.4 is 10.2 Å². The summed E-state index contributed by atoms with van der Waals surface area (Å²) in [5, 5.41) is 11.7. The lowest BCUT2D eigenvalue weighted by Crippen LogP contribution is -2.40. The van der Waals surface area contributed by atoms with Gasteiger partial charge in [0, 0.05) is 64.2 Å². The van der Waals surface area contributed by atoms with Crippen LogP contribution in [0.25, 0.3) is 22.7 Å². The van der Waals surface area contributed by atoms with E-state index in [9.17, 15) is 17.8 Å². The third-order valence-corrected chi connectivity index (χ3v) is 8.90. The Morgan fingerprint density at radius 2 is 1.68 bits per heavy atom. The molecule has 0 unspecified atom stereocenters. The third-order valence-electron chi connectivity index (χ3n) is 7.62. The molecule has 2 saturated carbocycles. The highest BCUT2D eigenvalue weighted by Crippen LogP contribution is 2.35. The van der Waals surface area contributed by atoms with Crippen LogP contribution in [-0.2, 0) is 15.6 Å². The van der Waals surface area contributed by atoms with Crippen LogP contribution in [0.2, 0.25) is 0 Å². The van der Waals surface area contributed by atoms with Gasteiger partial charge in [-0.15, -0.1) is 0 Å². The van der Waals surface area contributed by atoms with Crippen molar-refractivity contribution in [2.45, 2.75) is 50.5 Å². The van der Waals surface area contributed by atoms with Crippen LogP contribution in [0.15, 0.2) is 53.1 Å². The van der Waals surface area contributed by atoms with Crippen molar-refractivity contribution in [1.29, 1.82) is 5.26 Å². The average Bonchev–Trinajstić information content (AvgIpc) is 3.56. The van der Waals surface area contributed by atoms with E-state index >= 15 is 0 Å². The molecule has 3 aromatic rings. The Labute approximate surface area is 235 Å². The molecule has 210 valence electrons. The minimum atomic E-state index is -0.705. The minimum absolute atomic E-state index is 0.115. The molecule has 3 fully saturated rings. The Morgan fingerprint density at radius 3 is 2.27 bits per heavy atom. The lowest BCUT2D eigenvalue weighted by molar-refractivity contribution is -0.126. The van der Waals surface area contributed by atoms with Gasteiger partial charge in [-0.05, 0) is 49.9 Å². The molecule has 2 aromatic carbocycles. The molecule has 10 heteroatoms. The van der Waals surface area contributed by atoms with E-state index in [2.05, 4.69) is 21.3 Å². The number of nitrogens with zero attached hydrogens (tertiary/aromatic N) is 3. The van der Waals surface area contributed by atoms with Gasteiger partial charge in [-0.3, -0.25) is 9.00 Å². The second-order valence-corrected chi connectivity index (χ2v) is 12.3. The van der Waals surface area contributed by atoms with Gasteiger partial charge < -0.3 is 14.6 Å². The molecule has 1 aromatic heterocycles. The van der Waals surface area contributed by atoms with Crippen LogP contribution in [0.1, 0.15) is 44.9 Å². The molecule has 1 amide bonds. The molecule has 1 saturated heterocycles. The number of rotatable bonds is 5. The largest absolute Gasteiger partial charge is 0.444 e. The van der Waals surface area contributed by atoms with E-state index in [4.69, 9.17) is 9.68 Å². The monoisotopic (exact) mass is 566 g/mol. The first-order chi connectivity index (χ1) is 19.3. The summed E-state index contributed by atoms with van der Waals surface area (Å²) in [6, 6.07) is 13.2. The smallest absolute Gasteiger partial charge is 0.226 e. The number of nitrogens with one attached hydrogen (secondary N) is 1. The van der Waals surface area contributed by atoms with Crippen molar-refractivity contribution in [3.63, 3.8) is 0 Å². The summed E-state index contributed by atoms with van der Waals surface area (Å²) in [5.41, 5.74) is 2.29. The van der Waals surface area contributed by atoms with Crippen LogP contribution in [-0.4, -0.2) is 45.2 Å². The average molecular weight is 567 g/mol. The second kappa shape index (κ2) is 12.3. The van der Waals surface area contributed by atoms with E-state index in [1.54, 1.807) is 0 Å². The van der Waals surface area contributed by atoms with Crippen molar-refractivity contribution < 1.29 is 22.2 Å². The summed E-state index contributed by atoms with van der Waals surface area (Å²) in [6.45, 7) is 1.57. The van der Waals surface area contributed by atoms with Gasteiger partial charge in [-0.1, -0.05) is 31.4 Å². The molecule has 1 N–H and O–H groups in total. The number of hydrogen-bond acceptors (Lipinski definition) is 6. The number of hydrogen-bond donors (Lipinski definition) is 1. The van der Waals surface area contributed by atoms with Crippen LogP contribution in [0.4, 0.5) is 14.5 Å². The number of carbonyl (C=O) groups excluding carboxylic acids is 1. The van der Waals surface area contributed by atoms with Gasteiger partial charge in [0.2, 0.25) is 11.8 Å². The van der Waals surface area contributed by atoms with Crippen LogP contribution in [0, 0.1) is 28.9 Å². The fourth-order valence-electron chi connectivity index (χ4n) is 5.05. The first-order valence-corrected chi connectivity index (χ1v) is 15.2. The lowest BCUT2D eigenvalue weighted by Gasteiger charge is -2.28. The molecule has 40 heavy (non-hydrogen) atoms. The van der Waals surface area contributed by atoms with Gasteiger partial charge in [-0.2, -0.15) is 5.26 Å². The summed E-state index contributed by atoms with van der Waals surface area (Å²) < 4.78 is 43.6. The fourth-order valence-corrected chi connectivity index (χ4v) is 6.10.